The molecule has 0 spiro atoms. The maximum absolute atomic E-state index is 12.4. The van der Waals surface area contributed by atoms with Gasteiger partial charge in [0.05, 0.1) is 22.4 Å². The van der Waals surface area contributed by atoms with E-state index in [1.165, 1.54) is 4.90 Å². The molecular formula is C19H17N3O3S. The Kier molecular flexibility index (Phi) is 4.30. The summed E-state index contributed by atoms with van der Waals surface area (Å²) in [6.45, 7) is 1.98. The van der Waals surface area contributed by atoms with Crippen LogP contribution in [0, 0.1) is 0 Å². The first-order valence-electron chi connectivity index (χ1n) is 8.30. The highest BCUT2D eigenvalue weighted by Gasteiger charge is 2.32. The van der Waals surface area contributed by atoms with E-state index in [9.17, 15) is 9.59 Å². The number of benzene rings is 2. The fraction of sp³-hybridized carbons (Fsp3) is 0.211. The number of nitrogens with one attached hydrogen (secondary N) is 1. The molecule has 3 aromatic rings. The van der Waals surface area contributed by atoms with Crippen LogP contribution in [0.15, 0.2) is 48.5 Å². The van der Waals surface area contributed by atoms with Gasteiger partial charge in [-0.25, -0.2) is 4.98 Å². The van der Waals surface area contributed by atoms with Crippen LogP contribution in [-0.4, -0.2) is 29.4 Å². The Morgan fingerprint density at radius 3 is 2.85 bits per heavy atom. The number of ether oxygens (including phenoxy) is 1. The predicted octanol–water partition coefficient (Wildman–Crippen LogP) is 2.73. The van der Waals surface area contributed by atoms with E-state index >= 15 is 0 Å². The summed E-state index contributed by atoms with van der Waals surface area (Å²) in [5.74, 6) is 0.152. The number of para-hydroxylation sites is 3. The van der Waals surface area contributed by atoms with Crippen molar-refractivity contribution in [1.82, 2.24) is 10.3 Å². The summed E-state index contributed by atoms with van der Waals surface area (Å²) in [7, 11) is 0. The second kappa shape index (κ2) is 6.76. The van der Waals surface area contributed by atoms with Gasteiger partial charge in [-0.05, 0) is 31.2 Å². The Morgan fingerprint density at radius 2 is 2.00 bits per heavy atom. The maximum atomic E-state index is 12.4. The smallest absolute Gasteiger partial charge is 0.268 e. The van der Waals surface area contributed by atoms with Gasteiger partial charge in [-0.2, -0.15) is 0 Å². The molecule has 26 heavy (non-hydrogen) atoms. The number of thiazole rings is 1. The summed E-state index contributed by atoms with van der Waals surface area (Å²) in [6, 6.07) is 15.1. The van der Waals surface area contributed by atoms with Crippen molar-refractivity contribution in [1.29, 1.82) is 0 Å². The molecule has 0 bridgehead atoms. The molecule has 2 heterocycles. The molecule has 6 nitrogen and oxygen atoms in total. The highest BCUT2D eigenvalue weighted by Crippen LogP contribution is 2.33. The van der Waals surface area contributed by atoms with Crippen LogP contribution < -0.4 is 15.0 Å². The fourth-order valence-electron chi connectivity index (χ4n) is 2.89. The summed E-state index contributed by atoms with van der Waals surface area (Å²) in [5.41, 5.74) is 1.54. The van der Waals surface area contributed by atoms with E-state index in [0.717, 1.165) is 15.2 Å². The van der Waals surface area contributed by atoms with Gasteiger partial charge in [-0.15, -0.1) is 11.3 Å². The summed E-state index contributed by atoms with van der Waals surface area (Å²) < 4.78 is 6.67. The molecule has 2 amide bonds. The first-order valence-corrected chi connectivity index (χ1v) is 9.11. The van der Waals surface area contributed by atoms with Crippen molar-refractivity contribution in [2.24, 2.45) is 0 Å². The topological polar surface area (TPSA) is 71.5 Å². The standard InChI is InChI=1S/C19H17N3O3S/c1-12-19(24)22(14-7-3-4-8-15(14)25-12)11-17(23)20-10-18-21-13-6-2-5-9-16(13)26-18/h2-9,12H,10-11H2,1H3,(H,20,23). The summed E-state index contributed by atoms with van der Waals surface area (Å²) in [5, 5.41) is 3.68. The largest absolute Gasteiger partial charge is 0.479 e. The van der Waals surface area contributed by atoms with Crippen LogP contribution in [0.4, 0.5) is 5.69 Å². The van der Waals surface area contributed by atoms with E-state index in [4.69, 9.17) is 4.74 Å². The number of aromatic nitrogens is 1. The first-order chi connectivity index (χ1) is 12.6. The Morgan fingerprint density at radius 1 is 1.23 bits per heavy atom. The number of rotatable bonds is 4. The average molecular weight is 367 g/mol. The molecule has 7 heteroatoms. The van der Waals surface area contributed by atoms with E-state index < -0.39 is 6.10 Å². The van der Waals surface area contributed by atoms with E-state index in [1.807, 2.05) is 36.4 Å². The van der Waals surface area contributed by atoms with Crippen molar-refractivity contribution in [3.63, 3.8) is 0 Å². The minimum absolute atomic E-state index is 0.0472. The number of carbonyl (C=O) groups is 2. The van der Waals surface area contributed by atoms with Crippen LogP contribution >= 0.6 is 11.3 Å². The molecule has 1 aliphatic rings. The highest BCUT2D eigenvalue weighted by molar-refractivity contribution is 7.18. The number of carbonyl (C=O) groups excluding carboxylic acids is 2. The zero-order valence-electron chi connectivity index (χ0n) is 14.1. The number of fused-ring (bicyclic) bond motifs is 2. The Labute approximate surface area is 154 Å². The Hall–Kier alpha value is -2.93. The summed E-state index contributed by atoms with van der Waals surface area (Å²) in [6.07, 6.45) is -0.609. The van der Waals surface area contributed by atoms with Gasteiger partial charge >= 0.3 is 0 Å². The molecule has 0 saturated carbocycles. The molecular weight excluding hydrogens is 350 g/mol. The van der Waals surface area contributed by atoms with Gasteiger partial charge < -0.3 is 10.1 Å². The average Bonchev–Trinajstić information content (AvgIpc) is 3.07. The molecule has 1 atom stereocenters. The van der Waals surface area contributed by atoms with Gasteiger partial charge in [0.15, 0.2) is 6.10 Å². The number of hydrogen-bond donors (Lipinski definition) is 1. The van der Waals surface area contributed by atoms with E-state index in [1.54, 1.807) is 30.4 Å². The number of anilines is 1. The highest BCUT2D eigenvalue weighted by atomic mass is 32.1. The van der Waals surface area contributed by atoms with Crippen LogP contribution in [0.2, 0.25) is 0 Å². The van der Waals surface area contributed by atoms with Crippen LogP contribution in [0.1, 0.15) is 11.9 Å². The fourth-order valence-corrected chi connectivity index (χ4v) is 3.80. The first kappa shape index (κ1) is 16.5. The maximum Gasteiger partial charge on any atom is 0.268 e. The van der Waals surface area contributed by atoms with E-state index in [0.29, 0.717) is 18.0 Å². The quantitative estimate of drug-likeness (QED) is 0.770. The van der Waals surface area contributed by atoms with Crippen LogP contribution in [-0.2, 0) is 16.1 Å². The molecule has 1 aliphatic heterocycles. The molecule has 1 unspecified atom stereocenters. The van der Waals surface area contributed by atoms with Crippen molar-refractivity contribution in [2.75, 3.05) is 11.4 Å². The van der Waals surface area contributed by atoms with Crippen molar-refractivity contribution in [3.8, 4) is 5.75 Å². The number of nitrogens with zero attached hydrogens (tertiary/aromatic N) is 2. The summed E-state index contributed by atoms with van der Waals surface area (Å²) in [4.78, 5) is 30.8. The Balaban J connectivity index is 1.45. The van der Waals surface area contributed by atoms with Crippen molar-refractivity contribution < 1.29 is 14.3 Å². The Bertz CT molecular complexity index is 952. The predicted molar refractivity (Wildman–Crippen MR) is 100 cm³/mol. The minimum atomic E-state index is -0.609. The monoisotopic (exact) mass is 367 g/mol. The lowest BCUT2D eigenvalue weighted by Crippen LogP contribution is -2.48. The van der Waals surface area contributed by atoms with Gasteiger partial charge in [0.1, 0.15) is 17.3 Å². The molecule has 2 aromatic carbocycles. The molecule has 1 aromatic heterocycles. The SMILES string of the molecule is CC1Oc2ccccc2N(CC(=O)NCc2nc3ccccc3s2)C1=O. The van der Waals surface area contributed by atoms with Gasteiger partial charge in [-0.3, -0.25) is 14.5 Å². The summed E-state index contributed by atoms with van der Waals surface area (Å²) >= 11 is 1.55. The lowest BCUT2D eigenvalue weighted by Gasteiger charge is -2.32. The number of hydrogen-bond acceptors (Lipinski definition) is 5. The van der Waals surface area contributed by atoms with Crippen LogP contribution in [0.5, 0.6) is 5.75 Å². The van der Waals surface area contributed by atoms with Crippen LogP contribution in [0.25, 0.3) is 10.2 Å². The minimum Gasteiger partial charge on any atom is -0.479 e. The van der Waals surface area contributed by atoms with Gasteiger partial charge in [0.25, 0.3) is 5.91 Å². The lowest BCUT2D eigenvalue weighted by atomic mass is 10.2. The molecule has 0 radical (unpaired) electrons. The van der Waals surface area contributed by atoms with Crippen molar-refractivity contribution >= 4 is 39.1 Å². The molecule has 1 N–H and O–H groups in total. The molecule has 0 aliphatic carbocycles. The third-order valence-electron chi connectivity index (χ3n) is 4.15. The van der Waals surface area contributed by atoms with Gasteiger partial charge in [0.2, 0.25) is 5.91 Å². The third kappa shape index (κ3) is 3.13. The second-order valence-electron chi connectivity index (χ2n) is 6.00. The van der Waals surface area contributed by atoms with Crippen molar-refractivity contribution in [3.05, 3.63) is 53.5 Å². The van der Waals surface area contributed by atoms with E-state index in [2.05, 4.69) is 10.3 Å². The zero-order valence-corrected chi connectivity index (χ0v) is 15.0. The van der Waals surface area contributed by atoms with Gasteiger partial charge in [0, 0.05) is 0 Å². The lowest BCUT2D eigenvalue weighted by molar-refractivity contribution is -0.128. The molecule has 4 rings (SSSR count). The molecule has 0 fully saturated rings. The van der Waals surface area contributed by atoms with Gasteiger partial charge in [-0.1, -0.05) is 24.3 Å². The van der Waals surface area contributed by atoms with Crippen LogP contribution in [0.3, 0.4) is 0 Å². The van der Waals surface area contributed by atoms with Crippen molar-refractivity contribution in [2.45, 2.75) is 19.6 Å². The molecule has 0 saturated heterocycles. The normalized spacial score (nSPS) is 16.3. The third-order valence-corrected chi connectivity index (χ3v) is 5.19. The zero-order chi connectivity index (χ0) is 18.1. The van der Waals surface area contributed by atoms with E-state index in [-0.39, 0.29) is 18.4 Å². The second-order valence-corrected chi connectivity index (χ2v) is 7.12. The number of amides is 2. The molecule has 132 valence electrons.